The summed E-state index contributed by atoms with van der Waals surface area (Å²) in [6.45, 7) is 9.96. The first-order valence-electron chi connectivity index (χ1n) is 16.1. The van der Waals surface area contributed by atoms with E-state index in [0.29, 0.717) is 24.0 Å². The van der Waals surface area contributed by atoms with E-state index in [1.165, 1.54) is 17.8 Å². The van der Waals surface area contributed by atoms with Crippen LogP contribution >= 0.6 is 0 Å². The van der Waals surface area contributed by atoms with Crippen molar-refractivity contribution in [2.75, 3.05) is 50.0 Å². The zero-order chi connectivity index (χ0) is 32.7. The molecule has 0 spiro atoms. The van der Waals surface area contributed by atoms with Crippen LogP contribution in [0.2, 0.25) is 0 Å². The Labute approximate surface area is 269 Å². The lowest BCUT2D eigenvalue weighted by Gasteiger charge is -2.35. The molecule has 1 atom stereocenters. The van der Waals surface area contributed by atoms with Crippen LogP contribution in [0.3, 0.4) is 0 Å². The van der Waals surface area contributed by atoms with Crippen LogP contribution < -0.4 is 15.5 Å². The summed E-state index contributed by atoms with van der Waals surface area (Å²) >= 11 is 0. The number of anilines is 3. The minimum Gasteiger partial charge on any atom is -0.369 e. The average Bonchev–Trinajstić information content (AvgIpc) is 3.05. The van der Waals surface area contributed by atoms with Crippen LogP contribution in [0.1, 0.15) is 55.5 Å². The number of amides is 1. The number of hydrogen-bond donors (Lipinski definition) is 2. The summed E-state index contributed by atoms with van der Waals surface area (Å²) in [4.78, 5) is 29.3. The molecule has 11 heteroatoms. The molecule has 2 aromatic carbocycles. The van der Waals surface area contributed by atoms with Crippen molar-refractivity contribution in [2.45, 2.75) is 64.7 Å². The van der Waals surface area contributed by atoms with Crippen molar-refractivity contribution in [1.82, 2.24) is 25.1 Å². The number of carbonyl (C=O) groups is 1. The molecule has 0 bridgehead atoms. The normalized spacial score (nSPS) is 17.0. The van der Waals surface area contributed by atoms with Gasteiger partial charge in [0.2, 0.25) is 11.9 Å². The first-order valence-corrected chi connectivity index (χ1v) is 16.1. The second-order valence-electron chi connectivity index (χ2n) is 12.2. The topological polar surface area (TPSA) is 76.6 Å². The Kier molecular flexibility index (Phi) is 11.0. The van der Waals surface area contributed by atoms with Gasteiger partial charge in [0.15, 0.2) is 0 Å². The maximum atomic E-state index is 12.8. The lowest BCUT2D eigenvalue weighted by atomic mass is 10.00. The fourth-order valence-corrected chi connectivity index (χ4v) is 6.13. The maximum Gasteiger partial charge on any atom is 0.416 e. The molecule has 0 saturated carbocycles. The quantitative estimate of drug-likeness (QED) is 0.261. The Balaban J connectivity index is 1.10. The highest BCUT2D eigenvalue weighted by Gasteiger charge is 2.30. The summed E-state index contributed by atoms with van der Waals surface area (Å²) < 4.78 is 38.5. The second kappa shape index (κ2) is 15.1. The van der Waals surface area contributed by atoms with Crippen molar-refractivity contribution >= 4 is 23.2 Å². The van der Waals surface area contributed by atoms with E-state index in [4.69, 9.17) is 4.98 Å². The summed E-state index contributed by atoms with van der Waals surface area (Å²) in [5.41, 5.74) is 5.05. The number of carbonyl (C=O) groups excluding carboxylic acids is 1. The van der Waals surface area contributed by atoms with Crippen molar-refractivity contribution in [3.05, 3.63) is 88.9 Å². The van der Waals surface area contributed by atoms with E-state index in [1.807, 2.05) is 19.2 Å². The number of alkyl halides is 3. The van der Waals surface area contributed by atoms with E-state index < -0.39 is 11.7 Å². The standard InChI is InChI=1S/C35H44F3N7O/c1-4-28(40-33(46)22-25-6-8-27(9-7-25)35(36,37)38)10-13-30(5-2)45-17-16-32-26(24-45)23-39-34(42-32)41-29-11-14-31(15-12-29)44-20-18-43(3)19-21-44/h4,6-9,11-12,14-15,23,30H,5,10,13,16-22,24H2,1-3H3,(H,40,46)(H,39,41,42). The molecule has 1 saturated heterocycles. The summed E-state index contributed by atoms with van der Waals surface area (Å²) in [6.07, 6.45) is 2.83. The van der Waals surface area contributed by atoms with Crippen molar-refractivity contribution in [2.24, 2.45) is 0 Å². The number of aromatic nitrogens is 2. The van der Waals surface area contributed by atoms with Gasteiger partial charge in [-0.2, -0.15) is 13.2 Å². The monoisotopic (exact) mass is 635 g/mol. The van der Waals surface area contributed by atoms with Crippen molar-refractivity contribution in [3.63, 3.8) is 0 Å². The van der Waals surface area contributed by atoms with Crippen LogP contribution in [0.5, 0.6) is 0 Å². The van der Waals surface area contributed by atoms with Crippen LogP contribution in [0, 0.1) is 0 Å². The van der Waals surface area contributed by atoms with Gasteiger partial charge in [-0.3, -0.25) is 9.69 Å². The average molecular weight is 636 g/mol. The van der Waals surface area contributed by atoms with E-state index in [9.17, 15) is 18.0 Å². The maximum absolute atomic E-state index is 12.8. The van der Waals surface area contributed by atoms with E-state index in [0.717, 1.165) is 93.3 Å². The fourth-order valence-electron chi connectivity index (χ4n) is 6.13. The molecular formula is C35H44F3N7O. The molecule has 5 rings (SSSR count). The highest BCUT2D eigenvalue weighted by atomic mass is 19.4. The first-order chi connectivity index (χ1) is 22.1. The largest absolute Gasteiger partial charge is 0.416 e. The zero-order valence-corrected chi connectivity index (χ0v) is 26.9. The molecule has 1 amide bonds. The smallest absolute Gasteiger partial charge is 0.369 e. The molecule has 1 unspecified atom stereocenters. The van der Waals surface area contributed by atoms with Gasteiger partial charge in [-0.05, 0) is 75.2 Å². The van der Waals surface area contributed by atoms with Gasteiger partial charge in [0, 0.05) is 80.6 Å². The van der Waals surface area contributed by atoms with Crippen LogP contribution in [-0.4, -0.2) is 71.5 Å². The molecule has 46 heavy (non-hydrogen) atoms. The Morgan fingerprint density at radius 1 is 1.02 bits per heavy atom. The lowest BCUT2D eigenvalue weighted by molar-refractivity contribution is -0.137. The highest BCUT2D eigenvalue weighted by Crippen LogP contribution is 2.29. The van der Waals surface area contributed by atoms with Gasteiger partial charge in [0.25, 0.3) is 0 Å². The molecule has 2 aliphatic rings. The van der Waals surface area contributed by atoms with Gasteiger partial charge in [0.1, 0.15) is 0 Å². The lowest BCUT2D eigenvalue weighted by Crippen LogP contribution is -2.44. The fraction of sp³-hybridized carbons (Fsp3) is 0.457. The third kappa shape index (κ3) is 8.85. The number of benzene rings is 2. The molecule has 0 radical (unpaired) electrons. The van der Waals surface area contributed by atoms with Crippen molar-refractivity contribution < 1.29 is 18.0 Å². The molecular weight excluding hydrogens is 591 g/mol. The summed E-state index contributed by atoms with van der Waals surface area (Å²) in [5.74, 6) is 0.372. The summed E-state index contributed by atoms with van der Waals surface area (Å²) in [5, 5.41) is 6.32. The molecule has 1 aromatic heterocycles. The minimum absolute atomic E-state index is 0.0222. The first kappa shape index (κ1) is 33.4. The van der Waals surface area contributed by atoms with E-state index in [-0.39, 0.29) is 12.3 Å². The van der Waals surface area contributed by atoms with Crippen LogP contribution in [-0.2, 0) is 30.4 Å². The molecule has 2 aliphatic heterocycles. The van der Waals surface area contributed by atoms with Gasteiger partial charge < -0.3 is 20.4 Å². The second-order valence-corrected chi connectivity index (χ2v) is 12.2. The SMILES string of the molecule is CC=C(CCC(CC)N1CCc2nc(Nc3ccc(N4CCN(C)CC4)cc3)ncc2C1)NC(=O)Cc1ccc(C(F)(F)F)cc1. The van der Waals surface area contributed by atoms with Gasteiger partial charge in [-0.25, -0.2) is 9.97 Å². The molecule has 3 aromatic rings. The van der Waals surface area contributed by atoms with Crippen LogP contribution in [0.25, 0.3) is 0 Å². The number of nitrogens with one attached hydrogen (secondary N) is 2. The Morgan fingerprint density at radius 3 is 2.39 bits per heavy atom. The highest BCUT2D eigenvalue weighted by molar-refractivity contribution is 5.80. The van der Waals surface area contributed by atoms with Gasteiger partial charge in [-0.15, -0.1) is 0 Å². The number of allylic oxidation sites excluding steroid dienone is 2. The predicted molar refractivity (Wildman–Crippen MR) is 176 cm³/mol. The summed E-state index contributed by atoms with van der Waals surface area (Å²) in [7, 11) is 2.16. The van der Waals surface area contributed by atoms with E-state index >= 15 is 0 Å². The van der Waals surface area contributed by atoms with E-state index in [1.54, 1.807) is 0 Å². The molecule has 1 fully saturated rings. The Morgan fingerprint density at radius 2 is 1.74 bits per heavy atom. The molecule has 3 heterocycles. The minimum atomic E-state index is -4.39. The number of halogens is 3. The summed E-state index contributed by atoms with van der Waals surface area (Å²) in [6, 6.07) is 13.5. The number of likely N-dealkylation sites (N-methyl/N-ethyl adjacent to an activating group) is 1. The number of fused-ring (bicyclic) bond motifs is 1. The Hall–Kier alpha value is -3.96. The zero-order valence-electron chi connectivity index (χ0n) is 26.9. The van der Waals surface area contributed by atoms with Gasteiger partial charge >= 0.3 is 6.18 Å². The number of hydrogen-bond acceptors (Lipinski definition) is 7. The Bertz CT molecular complexity index is 1480. The third-order valence-corrected chi connectivity index (χ3v) is 8.98. The van der Waals surface area contributed by atoms with Gasteiger partial charge in [0.05, 0.1) is 17.7 Å². The van der Waals surface area contributed by atoms with Crippen molar-refractivity contribution in [3.8, 4) is 0 Å². The van der Waals surface area contributed by atoms with E-state index in [2.05, 4.69) is 68.6 Å². The van der Waals surface area contributed by atoms with Crippen molar-refractivity contribution in [1.29, 1.82) is 0 Å². The molecule has 246 valence electrons. The van der Waals surface area contributed by atoms with Crippen LogP contribution in [0.15, 0.2) is 66.5 Å². The number of rotatable bonds is 11. The van der Waals surface area contributed by atoms with Crippen LogP contribution in [0.4, 0.5) is 30.5 Å². The third-order valence-electron chi connectivity index (χ3n) is 8.98. The van der Waals surface area contributed by atoms with Gasteiger partial charge in [-0.1, -0.05) is 25.1 Å². The molecule has 2 N–H and O–H groups in total. The molecule has 0 aliphatic carbocycles. The molecule has 8 nitrogen and oxygen atoms in total. The number of nitrogens with zero attached hydrogens (tertiary/aromatic N) is 5. The number of piperazine rings is 1. The predicted octanol–water partition coefficient (Wildman–Crippen LogP) is 6.17.